The molecule has 0 radical (unpaired) electrons. The molecule has 0 saturated heterocycles. The number of nitrogens with zero attached hydrogens (tertiary/aromatic N) is 3. The second-order valence-corrected chi connectivity index (χ2v) is 8.17. The lowest BCUT2D eigenvalue weighted by Gasteiger charge is -2.23. The van der Waals surface area contributed by atoms with Crippen LogP contribution in [0.25, 0.3) is 0 Å². The minimum atomic E-state index is -3.95. The average Bonchev–Trinajstić information content (AvgIpc) is 2.70. The molecular formula is C19H24N4O5S. The molecule has 1 atom stereocenters. The summed E-state index contributed by atoms with van der Waals surface area (Å²) in [7, 11) is -3.95. The number of hydrogen-bond acceptors (Lipinski definition) is 7. The van der Waals surface area contributed by atoms with E-state index in [2.05, 4.69) is 4.72 Å². The molecule has 0 aromatic heterocycles. The summed E-state index contributed by atoms with van der Waals surface area (Å²) in [5.41, 5.74) is 0. The van der Waals surface area contributed by atoms with Gasteiger partial charge in [-0.2, -0.15) is 15.2 Å². The Labute approximate surface area is 170 Å². The summed E-state index contributed by atoms with van der Waals surface area (Å²) in [5.74, 6) is -1.87. The van der Waals surface area contributed by atoms with Gasteiger partial charge in [-0.05, 0) is 18.1 Å². The number of nitrogens with one attached hydrogen (secondary N) is 1. The van der Waals surface area contributed by atoms with Crippen LogP contribution in [0.5, 0.6) is 0 Å². The summed E-state index contributed by atoms with van der Waals surface area (Å²) in [4.78, 5) is 25.9. The molecule has 0 saturated carbocycles. The van der Waals surface area contributed by atoms with Crippen LogP contribution in [0, 0.1) is 28.6 Å². The van der Waals surface area contributed by atoms with Gasteiger partial charge in [-0.3, -0.25) is 9.59 Å². The Balaban J connectivity index is 2.78. The zero-order chi connectivity index (χ0) is 21.9. The molecule has 0 aliphatic heterocycles. The van der Waals surface area contributed by atoms with Crippen molar-refractivity contribution in [2.75, 3.05) is 19.7 Å². The van der Waals surface area contributed by atoms with Crippen LogP contribution in [0.2, 0.25) is 0 Å². The minimum Gasteiger partial charge on any atom is -0.454 e. The van der Waals surface area contributed by atoms with Gasteiger partial charge in [0.25, 0.3) is 5.91 Å². The predicted molar refractivity (Wildman–Crippen MR) is 103 cm³/mol. The first-order valence-electron chi connectivity index (χ1n) is 8.98. The van der Waals surface area contributed by atoms with Crippen LogP contribution in [0.3, 0.4) is 0 Å². The molecular weight excluding hydrogens is 396 g/mol. The molecule has 1 unspecified atom stereocenters. The monoisotopic (exact) mass is 420 g/mol. The molecule has 1 aromatic carbocycles. The van der Waals surface area contributed by atoms with E-state index in [4.69, 9.17) is 15.3 Å². The summed E-state index contributed by atoms with van der Waals surface area (Å²) >= 11 is 0. The van der Waals surface area contributed by atoms with Gasteiger partial charge in [0.15, 0.2) is 6.61 Å². The number of rotatable bonds is 11. The second-order valence-electron chi connectivity index (χ2n) is 6.46. The number of amides is 1. The standard InChI is InChI=1S/C19H24N4O5S/c1-15(2)18(22-29(26,27)16-8-4-3-5-9-16)19(25)28-14-17(24)23(12-6-10-20)13-7-11-21/h3-5,8-9,15,18,22H,6-7,12-14H2,1-2H3. The van der Waals surface area contributed by atoms with Crippen molar-refractivity contribution in [2.24, 2.45) is 5.92 Å². The number of ether oxygens (including phenoxy) is 1. The van der Waals surface area contributed by atoms with E-state index in [9.17, 15) is 18.0 Å². The summed E-state index contributed by atoms with van der Waals surface area (Å²) < 4.78 is 32.3. The molecule has 0 aliphatic rings. The smallest absolute Gasteiger partial charge is 0.324 e. The van der Waals surface area contributed by atoms with E-state index in [1.54, 1.807) is 32.0 Å². The van der Waals surface area contributed by atoms with Crippen molar-refractivity contribution >= 4 is 21.9 Å². The number of esters is 1. The van der Waals surface area contributed by atoms with E-state index >= 15 is 0 Å². The van der Waals surface area contributed by atoms with Crippen molar-refractivity contribution in [3.8, 4) is 12.1 Å². The maximum Gasteiger partial charge on any atom is 0.324 e. The molecule has 0 fully saturated rings. The van der Waals surface area contributed by atoms with Gasteiger partial charge in [0.05, 0.1) is 29.9 Å². The lowest BCUT2D eigenvalue weighted by atomic mass is 10.1. The Kier molecular flexibility index (Phi) is 9.80. The Morgan fingerprint density at radius 2 is 1.66 bits per heavy atom. The van der Waals surface area contributed by atoms with Crippen LogP contribution in [-0.2, 0) is 24.3 Å². The number of benzene rings is 1. The molecule has 1 aromatic rings. The van der Waals surface area contributed by atoms with Gasteiger partial charge in [-0.1, -0.05) is 32.0 Å². The van der Waals surface area contributed by atoms with Crippen LogP contribution < -0.4 is 4.72 Å². The first-order chi connectivity index (χ1) is 13.7. The largest absolute Gasteiger partial charge is 0.454 e. The lowest BCUT2D eigenvalue weighted by molar-refractivity contribution is -0.154. The second kappa shape index (κ2) is 11.8. The Hall–Kier alpha value is -2.95. The van der Waals surface area contributed by atoms with Gasteiger partial charge in [0.1, 0.15) is 6.04 Å². The van der Waals surface area contributed by atoms with E-state index in [0.29, 0.717) is 0 Å². The van der Waals surface area contributed by atoms with Gasteiger partial charge in [-0.25, -0.2) is 8.42 Å². The maximum absolute atomic E-state index is 12.5. The van der Waals surface area contributed by atoms with Crippen LogP contribution in [-0.4, -0.2) is 50.9 Å². The molecule has 156 valence electrons. The predicted octanol–water partition coefficient (Wildman–Crippen LogP) is 1.19. The number of carbonyl (C=O) groups is 2. The highest BCUT2D eigenvalue weighted by atomic mass is 32.2. The van der Waals surface area contributed by atoms with Crippen LogP contribution in [0.1, 0.15) is 26.7 Å². The third-order valence-corrected chi connectivity index (χ3v) is 5.39. The molecule has 1 rings (SSSR count). The van der Waals surface area contributed by atoms with E-state index in [-0.39, 0.29) is 30.8 Å². The van der Waals surface area contributed by atoms with Gasteiger partial charge in [0.2, 0.25) is 10.0 Å². The van der Waals surface area contributed by atoms with Crippen molar-refractivity contribution in [3.05, 3.63) is 30.3 Å². The van der Waals surface area contributed by atoms with Gasteiger partial charge < -0.3 is 9.64 Å². The molecule has 1 amide bonds. The van der Waals surface area contributed by atoms with Crippen molar-refractivity contribution < 1.29 is 22.7 Å². The number of hydrogen-bond donors (Lipinski definition) is 1. The highest BCUT2D eigenvalue weighted by Crippen LogP contribution is 2.12. The summed E-state index contributed by atoms with van der Waals surface area (Å²) in [6.07, 6.45) is 0.160. The Bertz CT molecular complexity index is 854. The van der Waals surface area contributed by atoms with E-state index in [1.165, 1.54) is 17.0 Å². The number of carbonyl (C=O) groups excluding carboxylic acids is 2. The van der Waals surface area contributed by atoms with E-state index in [1.807, 2.05) is 12.1 Å². The number of sulfonamides is 1. The summed E-state index contributed by atoms with van der Waals surface area (Å²) in [5, 5.41) is 17.3. The maximum atomic E-state index is 12.5. The summed E-state index contributed by atoms with van der Waals surface area (Å²) in [6.45, 7) is 2.92. The first kappa shape index (κ1) is 24.1. The normalized spacial score (nSPS) is 11.9. The molecule has 0 bridgehead atoms. The minimum absolute atomic E-state index is 0.00806. The molecule has 0 spiro atoms. The Morgan fingerprint density at radius 3 is 2.14 bits per heavy atom. The zero-order valence-corrected chi connectivity index (χ0v) is 17.2. The number of nitriles is 2. The molecule has 1 N–H and O–H groups in total. The molecule has 0 aliphatic carbocycles. The Morgan fingerprint density at radius 1 is 1.10 bits per heavy atom. The molecule has 9 nitrogen and oxygen atoms in total. The third-order valence-electron chi connectivity index (χ3n) is 3.93. The van der Waals surface area contributed by atoms with Crippen molar-refractivity contribution in [1.29, 1.82) is 10.5 Å². The average molecular weight is 420 g/mol. The van der Waals surface area contributed by atoms with Crippen molar-refractivity contribution in [1.82, 2.24) is 9.62 Å². The SMILES string of the molecule is CC(C)C(NS(=O)(=O)c1ccccc1)C(=O)OCC(=O)N(CCC#N)CCC#N. The summed E-state index contributed by atoms with van der Waals surface area (Å²) in [6, 6.07) is 10.2. The molecule has 29 heavy (non-hydrogen) atoms. The van der Waals surface area contributed by atoms with Crippen LogP contribution >= 0.6 is 0 Å². The fourth-order valence-corrected chi connectivity index (χ4v) is 3.69. The highest BCUT2D eigenvalue weighted by Gasteiger charge is 2.30. The molecule has 0 heterocycles. The fourth-order valence-electron chi connectivity index (χ4n) is 2.34. The van der Waals surface area contributed by atoms with Crippen LogP contribution in [0.15, 0.2) is 35.2 Å². The lowest BCUT2D eigenvalue weighted by Crippen LogP contribution is -2.46. The fraction of sp³-hybridized carbons (Fsp3) is 0.474. The van der Waals surface area contributed by atoms with Crippen LogP contribution in [0.4, 0.5) is 0 Å². The van der Waals surface area contributed by atoms with E-state index in [0.717, 1.165) is 0 Å². The zero-order valence-electron chi connectivity index (χ0n) is 16.4. The van der Waals surface area contributed by atoms with Gasteiger partial charge in [0, 0.05) is 13.1 Å². The molecule has 10 heteroatoms. The van der Waals surface area contributed by atoms with Gasteiger partial charge >= 0.3 is 5.97 Å². The third kappa shape index (κ3) is 7.90. The van der Waals surface area contributed by atoms with Gasteiger partial charge in [-0.15, -0.1) is 0 Å². The quantitative estimate of drug-likeness (QED) is 0.530. The van der Waals surface area contributed by atoms with Crippen molar-refractivity contribution in [2.45, 2.75) is 37.6 Å². The van der Waals surface area contributed by atoms with E-state index < -0.39 is 40.5 Å². The topological polar surface area (TPSA) is 140 Å². The first-order valence-corrected chi connectivity index (χ1v) is 10.5. The highest BCUT2D eigenvalue weighted by molar-refractivity contribution is 7.89. The van der Waals surface area contributed by atoms with Crippen molar-refractivity contribution in [3.63, 3.8) is 0 Å².